The fourth-order valence-corrected chi connectivity index (χ4v) is 4.86. The molecule has 0 atom stereocenters. The average Bonchev–Trinajstić information content (AvgIpc) is 3.25. The number of ether oxygens (including phenoxy) is 1. The first-order valence-corrected chi connectivity index (χ1v) is 15.0. The fourth-order valence-electron chi connectivity index (χ4n) is 4.86. The van der Waals surface area contributed by atoms with Crippen molar-refractivity contribution in [2.24, 2.45) is 5.92 Å². The summed E-state index contributed by atoms with van der Waals surface area (Å²) in [6, 6.07) is 0. The summed E-state index contributed by atoms with van der Waals surface area (Å²) in [5, 5.41) is 0. The second-order valence-corrected chi connectivity index (χ2v) is 15.7. The second-order valence-electron chi connectivity index (χ2n) is 15.7. The molecule has 5 nitrogen and oxygen atoms in total. The average molecular weight is 563 g/mol. The molecule has 0 unspecified atom stereocenters. The molecule has 0 N–H and O–H groups in total. The number of nitrogens with zero attached hydrogens (tertiary/aromatic N) is 4. The van der Waals surface area contributed by atoms with Gasteiger partial charge in [0.05, 0.1) is 26.3 Å². The van der Waals surface area contributed by atoms with E-state index in [0.717, 1.165) is 32.2 Å². The van der Waals surface area contributed by atoms with Crippen molar-refractivity contribution in [1.29, 1.82) is 0 Å². The van der Waals surface area contributed by atoms with Crippen LogP contribution in [0.25, 0.3) is 0 Å². The summed E-state index contributed by atoms with van der Waals surface area (Å²) in [5.74, 6) is -1.49. The van der Waals surface area contributed by atoms with E-state index < -0.39 is 5.92 Å². The van der Waals surface area contributed by atoms with Gasteiger partial charge in [0, 0.05) is 48.3 Å². The Labute approximate surface area is 243 Å². The van der Waals surface area contributed by atoms with E-state index in [1.54, 1.807) is 4.90 Å². The summed E-state index contributed by atoms with van der Waals surface area (Å²) in [5.41, 5.74) is 1.05. The molecule has 4 rings (SSSR count). The normalized spacial score (nSPS) is 23.5. The van der Waals surface area contributed by atoms with Crippen LogP contribution in [0.2, 0.25) is 0 Å². The molecule has 0 aromatic heterocycles. The van der Waals surface area contributed by atoms with E-state index in [4.69, 9.17) is 4.74 Å². The number of rotatable bonds is 0. The minimum Gasteiger partial charge on any atom is -0.379 e. The number of hydrogen-bond acceptors (Lipinski definition) is 5. The zero-order valence-electron chi connectivity index (χ0n) is 27.5. The molecule has 39 heavy (non-hydrogen) atoms. The predicted molar refractivity (Wildman–Crippen MR) is 166 cm³/mol. The molecule has 7 heteroatoms. The van der Waals surface area contributed by atoms with Crippen LogP contribution < -0.4 is 0 Å². The maximum atomic E-state index is 12.3. The smallest absolute Gasteiger partial charge is 0.272 e. The van der Waals surface area contributed by atoms with Gasteiger partial charge in [-0.2, -0.15) is 0 Å². The molecule has 4 aliphatic rings. The molecule has 0 aliphatic carbocycles. The first-order chi connectivity index (χ1) is 17.0. The molecule has 0 aromatic carbocycles. The maximum absolute atomic E-state index is 12.3. The van der Waals surface area contributed by atoms with Crippen molar-refractivity contribution in [2.75, 3.05) is 65.6 Å². The molecule has 4 saturated heterocycles. The van der Waals surface area contributed by atoms with Crippen molar-refractivity contribution in [3.63, 3.8) is 0 Å². The lowest BCUT2D eigenvalue weighted by Crippen LogP contribution is -2.62. The van der Waals surface area contributed by atoms with Crippen molar-refractivity contribution in [3.05, 3.63) is 0 Å². The summed E-state index contributed by atoms with van der Waals surface area (Å²) in [4.78, 5) is 9.29. The van der Waals surface area contributed by atoms with Gasteiger partial charge in [-0.1, -0.05) is 14.4 Å². The lowest BCUT2D eigenvalue weighted by Gasteiger charge is -2.47. The van der Waals surface area contributed by atoms with Crippen molar-refractivity contribution in [3.8, 4) is 0 Å². The van der Waals surface area contributed by atoms with Crippen molar-refractivity contribution < 1.29 is 13.5 Å². The van der Waals surface area contributed by atoms with Crippen LogP contribution in [0, 0.1) is 5.92 Å². The maximum Gasteiger partial charge on any atom is 0.272 e. The molecule has 0 bridgehead atoms. The topological polar surface area (TPSA) is 22.2 Å². The van der Waals surface area contributed by atoms with Gasteiger partial charge in [0.1, 0.15) is 0 Å². The first kappa shape index (κ1) is 38.7. The van der Waals surface area contributed by atoms with Gasteiger partial charge in [0.2, 0.25) is 0 Å². The van der Waals surface area contributed by atoms with Gasteiger partial charge in [-0.25, -0.2) is 8.78 Å². The Morgan fingerprint density at radius 3 is 1.08 bits per heavy atom. The summed E-state index contributed by atoms with van der Waals surface area (Å²) in [6.45, 7) is 37.6. The molecule has 0 aromatic rings. The van der Waals surface area contributed by atoms with Crippen molar-refractivity contribution in [1.82, 2.24) is 19.6 Å². The van der Waals surface area contributed by atoms with Gasteiger partial charge in [-0.15, -0.1) is 0 Å². The molecule has 0 spiro atoms. The van der Waals surface area contributed by atoms with E-state index in [2.05, 4.69) is 83.9 Å². The van der Waals surface area contributed by atoms with Crippen LogP contribution in [-0.2, 0) is 4.74 Å². The number of halogens is 2. The lowest BCUT2D eigenvalue weighted by atomic mass is 9.94. The third-order valence-corrected chi connectivity index (χ3v) is 7.82. The van der Waals surface area contributed by atoms with E-state index in [-0.39, 0.29) is 26.1 Å². The quantitative estimate of drug-likeness (QED) is 0.313. The van der Waals surface area contributed by atoms with Crippen LogP contribution >= 0.6 is 0 Å². The molecule has 236 valence electrons. The molecule has 0 saturated carbocycles. The van der Waals surface area contributed by atoms with Crippen LogP contribution in [0.4, 0.5) is 8.78 Å². The highest BCUT2D eigenvalue weighted by Gasteiger charge is 2.47. The number of alkyl halides is 2. The Bertz CT molecular complexity index is 648. The molecular formula is C32H68F2N4O. The van der Waals surface area contributed by atoms with Crippen LogP contribution in [0.15, 0.2) is 0 Å². The van der Waals surface area contributed by atoms with Gasteiger partial charge < -0.3 is 4.74 Å². The highest BCUT2D eigenvalue weighted by atomic mass is 19.3. The Kier molecular flexibility index (Phi) is 15.1. The van der Waals surface area contributed by atoms with Crippen LogP contribution in [0.5, 0.6) is 0 Å². The van der Waals surface area contributed by atoms with Crippen molar-refractivity contribution >= 4 is 0 Å². The highest BCUT2D eigenvalue weighted by molar-refractivity contribution is 4.93. The van der Waals surface area contributed by atoms with E-state index in [0.29, 0.717) is 16.6 Å². The second kappa shape index (κ2) is 15.2. The summed E-state index contributed by atoms with van der Waals surface area (Å²) < 4.78 is 29.8. The molecule has 4 fully saturated rings. The van der Waals surface area contributed by atoms with Gasteiger partial charge in [-0.05, 0) is 115 Å². The lowest BCUT2D eigenvalue weighted by molar-refractivity contribution is -0.160. The zero-order chi connectivity index (χ0) is 29.6. The Balaban J connectivity index is 0.000000490. The zero-order valence-corrected chi connectivity index (χ0v) is 27.5. The van der Waals surface area contributed by atoms with Gasteiger partial charge in [0.15, 0.2) is 0 Å². The summed E-state index contributed by atoms with van der Waals surface area (Å²) in [6.07, 6.45) is 2.80. The van der Waals surface area contributed by atoms with E-state index in [1.807, 2.05) is 20.8 Å². The molecule has 4 heterocycles. The Morgan fingerprint density at radius 2 is 0.897 bits per heavy atom. The predicted octanol–water partition coefficient (Wildman–Crippen LogP) is 7.11. The molecule has 0 amide bonds. The Hall–Kier alpha value is -0.340. The van der Waals surface area contributed by atoms with Gasteiger partial charge >= 0.3 is 0 Å². The van der Waals surface area contributed by atoms with E-state index in [9.17, 15) is 8.78 Å². The van der Waals surface area contributed by atoms with E-state index >= 15 is 0 Å². The highest BCUT2D eigenvalue weighted by Crippen LogP contribution is 2.32. The van der Waals surface area contributed by atoms with Gasteiger partial charge in [-0.3, -0.25) is 19.6 Å². The fraction of sp³-hybridized carbons (Fsp3) is 1.00. The molecular weight excluding hydrogens is 494 g/mol. The summed E-state index contributed by atoms with van der Waals surface area (Å²) in [7, 11) is 0. The largest absolute Gasteiger partial charge is 0.379 e. The number of morpholine rings is 1. The van der Waals surface area contributed by atoms with Crippen LogP contribution in [-0.4, -0.2) is 113 Å². The Morgan fingerprint density at radius 1 is 0.564 bits per heavy atom. The molecule has 0 radical (unpaired) electrons. The minimum atomic E-state index is -2.42. The monoisotopic (exact) mass is 563 g/mol. The SMILES string of the molecule is C.CC(C)(C)N1CC(F)(F)C1.CC(C)(C)N1CCCC1.CC(C)(C)N1CCOCC1.CC1CN(C(C)(C)C)C1. The molecule has 4 aliphatic heterocycles. The third kappa shape index (κ3) is 14.9. The standard InChI is InChI=1S/C8H17NO.2C8H17N.C7H13F2N.CH4/c1-8(2,3)9-4-6-10-7-5-9;1-7-5-9(6-7)8(2,3)4;1-8(2,3)9-6-4-5-7-9;1-6(2,3)10-4-7(8,9)5-10;/h4-7H2,1-3H3;7H,5-6H2,1-4H3;4-7H2,1-3H3;4-5H2,1-3H3;1H4. The van der Waals surface area contributed by atoms with Crippen LogP contribution in [0.3, 0.4) is 0 Å². The number of likely N-dealkylation sites (tertiary alicyclic amines) is 3. The van der Waals surface area contributed by atoms with E-state index in [1.165, 1.54) is 39.0 Å². The van der Waals surface area contributed by atoms with Gasteiger partial charge in [0.25, 0.3) is 5.92 Å². The summed E-state index contributed by atoms with van der Waals surface area (Å²) >= 11 is 0. The minimum absolute atomic E-state index is 0. The van der Waals surface area contributed by atoms with Crippen LogP contribution in [0.1, 0.15) is 110 Å². The van der Waals surface area contributed by atoms with Crippen molar-refractivity contribution in [2.45, 2.75) is 138 Å². The number of hydrogen-bond donors (Lipinski definition) is 0. The third-order valence-electron chi connectivity index (χ3n) is 7.82. The first-order valence-electron chi connectivity index (χ1n) is 15.0.